The van der Waals surface area contributed by atoms with E-state index in [4.69, 9.17) is 0 Å². The van der Waals surface area contributed by atoms with Gasteiger partial charge in [-0.1, -0.05) is 42.5 Å². The summed E-state index contributed by atoms with van der Waals surface area (Å²) in [5.74, 6) is -4.58. The molecule has 2 heterocycles. The van der Waals surface area contributed by atoms with Crippen LogP contribution in [0, 0.1) is 5.82 Å². The van der Waals surface area contributed by atoms with Gasteiger partial charge in [0.2, 0.25) is 17.7 Å². The lowest BCUT2D eigenvalue weighted by atomic mass is 9.91. The molecule has 3 N–H and O–H groups in total. The molecule has 7 nitrogen and oxygen atoms in total. The van der Waals surface area contributed by atoms with Crippen LogP contribution in [0.4, 0.5) is 18.9 Å². The number of hydrogen-bond acceptors (Lipinski definition) is 5. The summed E-state index contributed by atoms with van der Waals surface area (Å²) in [5.41, 5.74) is 1.23. The Morgan fingerprint density at radius 1 is 1.05 bits per heavy atom. The molecule has 3 aromatic rings. The van der Waals surface area contributed by atoms with Gasteiger partial charge in [0.05, 0.1) is 17.8 Å². The van der Waals surface area contributed by atoms with Crippen LogP contribution in [0.25, 0.3) is 11.1 Å². The van der Waals surface area contributed by atoms with Crippen LogP contribution >= 0.6 is 0 Å². The first-order valence-electron chi connectivity index (χ1n) is 13.7. The molecule has 0 bridgehead atoms. The third-order valence-corrected chi connectivity index (χ3v) is 7.77. The second-order valence-electron chi connectivity index (χ2n) is 11.2. The summed E-state index contributed by atoms with van der Waals surface area (Å²) in [6.07, 6.45) is 1.89. The first kappa shape index (κ1) is 28.8. The Labute approximate surface area is 236 Å². The zero-order valence-electron chi connectivity index (χ0n) is 22.7. The maximum absolute atomic E-state index is 14.4. The number of rotatable bonds is 7. The topological polar surface area (TPSA) is 94.6 Å². The number of pyridine rings is 1. The van der Waals surface area contributed by atoms with Gasteiger partial charge in [-0.25, -0.2) is 13.2 Å². The molecule has 3 unspecified atom stereocenters. The highest BCUT2D eigenvalue weighted by atomic mass is 19.3. The molecule has 41 heavy (non-hydrogen) atoms. The molecule has 216 valence electrons. The van der Waals surface area contributed by atoms with Crippen molar-refractivity contribution >= 4 is 17.5 Å². The summed E-state index contributed by atoms with van der Waals surface area (Å²) in [6.45, 7) is 1.80. The number of alkyl halides is 2. The molecule has 2 aromatic carbocycles. The highest BCUT2D eigenvalue weighted by molar-refractivity contribution is 6.04. The smallest absolute Gasteiger partial charge is 0.248 e. The van der Waals surface area contributed by atoms with Crippen molar-refractivity contribution in [1.29, 1.82) is 0 Å². The van der Waals surface area contributed by atoms with Gasteiger partial charge in [0.25, 0.3) is 0 Å². The zero-order valence-corrected chi connectivity index (χ0v) is 22.7. The van der Waals surface area contributed by atoms with Gasteiger partial charge in [-0.15, -0.1) is 0 Å². The van der Waals surface area contributed by atoms with Gasteiger partial charge in [0.15, 0.2) is 0 Å². The Morgan fingerprint density at radius 2 is 1.71 bits per heavy atom. The second kappa shape index (κ2) is 11.6. The SMILES string of the molecule is CC1(O)CNC(C(=O)N(c2ccc(-c3ccccc3)cc2)C(C(=O)NC2CCC(F)(F)CC2)c2cncc(F)c2)C1. The molecule has 1 aromatic heterocycles. The highest BCUT2D eigenvalue weighted by Gasteiger charge is 2.43. The number of anilines is 1. The average molecular weight is 567 g/mol. The van der Waals surface area contributed by atoms with Gasteiger partial charge in [-0.2, -0.15) is 0 Å². The van der Waals surface area contributed by atoms with Gasteiger partial charge in [-0.05, 0) is 49.1 Å². The Bertz CT molecular complexity index is 1370. The fourth-order valence-electron chi connectivity index (χ4n) is 5.58. The lowest BCUT2D eigenvalue weighted by Crippen LogP contribution is -2.52. The van der Waals surface area contributed by atoms with Crippen LogP contribution in [-0.2, 0) is 9.59 Å². The number of nitrogens with one attached hydrogen (secondary N) is 2. The molecular weight excluding hydrogens is 533 g/mol. The van der Waals surface area contributed by atoms with Gasteiger partial charge in [0, 0.05) is 49.3 Å². The Morgan fingerprint density at radius 3 is 2.32 bits per heavy atom. The maximum atomic E-state index is 14.4. The molecule has 1 aliphatic carbocycles. The molecule has 1 saturated carbocycles. The molecule has 10 heteroatoms. The highest BCUT2D eigenvalue weighted by Crippen LogP contribution is 2.35. The summed E-state index contributed by atoms with van der Waals surface area (Å²) in [6, 6.07) is 15.2. The van der Waals surface area contributed by atoms with Gasteiger partial charge in [0.1, 0.15) is 11.9 Å². The van der Waals surface area contributed by atoms with Crippen LogP contribution < -0.4 is 15.5 Å². The normalized spacial score (nSPS) is 23.1. The third-order valence-electron chi connectivity index (χ3n) is 7.77. The van der Waals surface area contributed by atoms with Crippen molar-refractivity contribution in [3.63, 3.8) is 0 Å². The molecular formula is C31H33F3N4O3. The van der Waals surface area contributed by atoms with E-state index < -0.39 is 47.3 Å². The molecule has 2 amide bonds. The molecule has 5 rings (SSSR count). The molecule has 2 aliphatic rings. The lowest BCUT2D eigenvalue weighted by Gasteiger charge is -2.35. The number of carbonyl (C=O) groups excluding carboxylic acids is 2. The average Bonchev–Trinajstić information content (AvgIpc) is 3.32. The van der Waals surface area contributed by atoms with Crippen molar-refractivity contribution in [2.24, 2.45) is 0 Å². The predicted octanol–water partition coefficient (Wildman–Crippen LogP) is 4.77. The van der Waals surface area contributed by atoms with Crippen LogP contribution in [-0.4, -0.2) is 52.1 Å². The van der Waals surface area contributed by atoms with E-state index in [1.807, 2.05) is 42.5 Å². The van der Waals surface area contributed by atoms with E-state index in [0.29, 0.717) is 5.69 Å². The van der Waals surface area contributed by atoms with Crippen LogP contribution in [0.3, 0.4) is 0 Å². The van der Waals surface area contributed by atoms with E-state index in [0.717, 1.165) is 23.4 Å². The minimum absolute atomic E-state index is 0.0830. The van der Waals surface area contributed by atoms with Crippen molar-refractivity contribution in [3.8, 4) is 11.1 Å². The molecule has 2 fully saturated rings. The quantitative estimate of drug-likeness (QED) is 0.383. The second-order valence-corrected chi connectivity index (χ2v) is 11.2. The maximum Gasteiger partial charge on any atom is 0.248 e. The number of aliphatic hydroxyl groups is 1. The largest absolute Gasteiger partial charge is 0.389 e. The number of aromatic nitrogens is 1. The van der Waals surface area contributed by atoms with Crippen LogP contribution in [0.1, 0.15) is 50.6 Å². The number of amides is 2. The first-order chi connectivity index (χ1) is 19.5. The van der Waals surface area contributed by atoms with Crippen molar-refractivity contribution in [2.45, 2.75) is 68.7 Å². The number of benzene rings is 2. The van der Waals surface area contributed by atoms with E-state index in [9.17, 15) is 27.9 Å². The van der Waals surface area contributed by atoms with Crippen molar-refractivity contribution in [2.75, 3.05) is 11.4 Å². The summed E-state index contributed by atoms with van der Waals surface area (Å²) in [4.78, 5) is 33.3. The summed E-state index contributed by atoms with van der Waals surface area (Å²) >= 11 is 0. The van der Waals surface area contributed by atoms with Crippen LogP contribution in [0.2, 0.25) is 0 Å². The molecule has 1 saturated heterocycles. The zero-order chi connectivity index (χ0) is 29.2. The number of halogens is 3. The fourth-order valence-corrected chi connectivity index (χ4v) is 5.58. The van der Waals surface area contributed by atoms with Crippen LogP contribution in [0.15, 0.2) is 73.1 Å². The Kier molecular flexibility index (Phi) is 8.15. The molecule has 1 aliphatic heterocycles. The summed E-state index contributed by atoms with van der Waals surface area (Å²) in [5, 5.41) is 16.4. The van der Waals surface area contributed by atoms with E-state index in [-0.39, 0.29) is 44.2 Å². The standard InChI is InChI=1S/C31H33F3N4O3/c1-30(41)16-26(36-19-30)29(40)38(25-9-7-21(8-10-25)20-5-3-2-4-6-20)27(22-15-23(32)18-35-17-22)28(39)37-24-11-13-31(33,34)14-12-24/h2-10,15,17-18,24,26-27,36,41H,11-14,16,19H2,1H3,(H,37,39). The van der Waals surface area contributed by atoms with Gasteiger partial charge < -0.3 is 15.7 Å². The summed E-state index contributed by atoms with van der Waals surface area (Å²) < 4.78 is 42.0. The van der Waals surface area contributed by atoms with E-state index in [1.54, 1.807) is 19.1 Å². The first-order valence-corrected chi connectivity index (χ1v) is 13.7. The fraction of sp³-hybridized carbons (Fsp3) is 0.387. The minimum atomic E-state index is -2.78. The van der Waals surface area contributed by atoms with Gasteiger partial charge >= 0.3 is 0 Å². The van der Waals surface area contributed by atoms with Crippen molar-refractivity contribution in [1.82, 2.24) is 15.6 Å². The molecule has 3 atom stereocenters. The Hall–Kier alpha value is -3.76. The lowest BCUT2D eigenvalue weighted by molar-refractivity contribution is -0.128. The van der Waals surface area contributed by atoms with E-state index in [2.05, 4.69) is 15.6 Å². The van der Waals surface area contributed by atoms with Crippen molar-refractivity contribution < 1.29 is 27.9 Å². The third kappa shape index (κ3) is 6.77. The minimum Gasteiger partial charge on any atom is -0.389 e. The monoisotopic (exact) mass is 566 g/mol. The van der Waals surface area contributed by atoms with Gasteiger partial charge in [-0.3, -0.25) is 19.5 Å². The molecule has 0 radical (unpaired) electrons. The van der Waals surface area contributed by atoms with Crippen molar-refractivity contribution in [3.05, 3.63) is 84.4 Å². The molecule has 0 spiro atoms. The van der Waals surface area contributed by atoms with E-state index in [1.165, 1.54) is 11.1 Å². The number of carbonyl (C=O) groups is 2. The summed E-state index contributed by atoms with van der Waals surface area (Å²) in [7, 11) is 0. The predicted molar refractivity (Wildman–Crippen MR) is 149 cm³/mol. The van der Waals surface area contributed by atoms with Crippen LogP contribution in [0.5, 0.6) is 0 Å². The number of nitrogens with zero attached hydrogens (tertiary/aromatic N) is 2. The number of hydrogen-bond donors (Lipinski definition) is 3. The number of β-amino-alcohol motifs (C(OH)–C–C–N with tert-alkyl or cyclic N) is 1. The Balaban J connectivity index is 1.54. The van der Waals surface area contributed by atoms with E-state index >= 15 is 0 Å².